The van der Waals surface area contributed by atoms with Crippen LogP contribution in [0.4, 0.5) is 0 Å². The smallest absolute Gasteiger partial charge is 0.323 e. The minimum atomic E-state index is -0.0242. The molecule has 1 aliphatic heterocycles. The first-order valence-corrected chi connectivity index (χ1v) is 8.38. The van der Waals surface area contributed by atoms with Crippen molar-refractivity contribution in [3.63, 3.8) is 0 Å². The fraction of sp³-hybridized carbons (Fsp3) is 0.938. The standard InChI is InChI=1S/C16H30N2O2/c1-3-5-15(16(19)20-4-2)18-10-8-13(9-11-18)12-17-14-6-7-14/h13-15,17H,3-12H2,1-2H3. The lowest BCUT2D eigenvalue weighted by Crippen LogP contribution is -2.47. The second-order valence-corrected chi connectivity index (χ2v) is 6.22. The third-order valence-electron chi connectivity index (χ3n) is 4.48. The Balaban J connectivity index is 1.75. The Morgan fingerprint density at radius 1 is 1.25 bits per heavy atom. The molecule has 4 nitrogen and oxygen atoms in total. The Morgan fingerprint density at radius 2 is 1.95 bits per heavy atom. The van der Waals surface area contributed by atoms with E-state index in [1.54, 1.807) is 0 Å². The van der Waals surface area contributed by atoms with Crippen molar-refractivity contribution in [2.24, 2.45) is 5.92 Å². The zero-order chi connectivity index (χ0) is 14.4. The molecule has 0 aromatic carbocycles. The molecule has 1 aliphatic carbocycles. The number of esters is 1. The van der Waals surface area contributed by atoms with E-state index in [9.17, 15) is 4.79 Å². The second kappa shape index (κ2) is 7.99. The monoisotopic (exact) mass is 282 g/mol. The number of piperidine rings is 1. The number of rotatable bonds is 8. The quantitative estimate of drug-likeness (QED) is 0.693. The molecule has 20 heavy (non-hydrogen) atoms. The lowest BCUT2D eigenvalue weighted by Gasteiger charge is -2.36. The van der Waals surface area contributed by atoms with Gasteiger partial charge in [-0.1, -0.05) is 13.3 Å². The van der Waals surface area contributed by atoms with E-state index < -0.39 is 0 Å². The van der Waals surface area contributed by atoms with Crippen molar-refractivity contribution in [3.8, 4) is 0 Å². The van der Waals surface area contributed by atoms with Crippen molar-refractivity contribution in [2.45, 2.75) is 64.5 Å². The second-order valence-electron chi connectivity index (χ2n) is 6.22. The van der Waals surface area contributed by atoms with Gasteiger partial charge in [0.05, 0.1) is 6.61 Å². The molecular formula is C16H30N2O2. The van der Waals surface area contributed by atoms with Crippen LogP contribution in [0.2, 0.25) is 0 Å². The van der Waals surface area contributed by atoms with Crippen LogP contribution in [0.1, 0.15) is 52.4 Å². The fourth-order valence-electron chi connectivity index (χ4n) is 3.05. The summed E-state index contributed by atoms with van der Waals surface area (Å²) in [4.78, 5) is 14.4. The third kappa shape index (κ3) is 4.74. The number of carbonyl (C=O) groups is 1. The van der Waals surface area contributed by atoms with Crippen LogP contribution in [0.3, 0.4) is 0 Å². The first-order valence-electron chi connectivity index (χ1n) is 8.38. The molecule has 0 aromatic heterocycles. The minimum Gasteiger partial charge on any atom is -0.465 e. The average Bonchev–Trinajstić information content (AvgIpc) is 3.28. The van der Waals surface area contributed by atoms with Gasteiger partial charge in [-0.05, 0) is 64.6 Å². The normalized spacial score (nSPS) is 22.7. The Bertz CT molecular complexity index is 297. The highest BCUT2D eigenvalue weighted by molar-refractivity contribution is 5.75. The van der Waals surface area contributed by atoms with Gasteiger partial charge in [0.2, 0.25) is 0 Å². The summed E-state index contributed by atoms with van der Waals surface area (Å²) in [5, 5.41) is 3.63. The molecule has 0 aromatic rings. The highest BCUT2D eigenvalue weighted by atomic mass is 16.5. The molecule has 2 rings (SSSR count). The van der Waals surface area contributed by atoms with E-state index in [4.69, 9.17) is 4.74 Å². The Morgan fingerprint density at radius 3 is 2.50 bits per heavy atom. The van der Waals surface area contributed by atoms with Gasteiger partial charge in [0.15, 0.2) is 0 Å². The van der Waals surface area contributed by atoms with Gasteiger partial charge >= 0.3 is 5.97 Å². The van der Waals surface area contributed by atoms with Gasteiger partial charge in [-0.3, -0.25) is 9.69 Å². The highest BCUT2D eigenvalue weighted by Gasteiger charge is 2.30. The summed E-state index contributed by atoms with van der Waals surface area (Å²) in [6.07, 6.45) is 7.09. The molecule has 1 saturated carbocycles. The van der Waals surface area contributed by atoms with Crippen LogP contribution in [0, 0.1) is 5.92 Å². The third-order valence-corrected chi connectivity index (χ3v) is 4.48. The zero-order valence-corrected chi connectivity index (χ0v) is 13.1. The highest BCUT2D eigenvalue weighted by Crippen LogP contribution is 2.23. The number of nitrogens with zero attached hydrogens (tertiary/aromatic N) is 1. The van der Waals surface area contributed by atoms with E-state index in [0.29, 0.717) is 6.61 Å². The topological polar surface area (TPSA) is 41.6 Å². The van der Waals surface area contributed by atoms with E-state index in [1.807, 2.05) is 6.92 Å². The van der Waals surface area contributed by atoms with Crippen molar-refractivity contribution in [1.82, 2.24) is 10.2 Å². The fourth-order valence-corrected chi connectivity index (χ4v) is 3.05. The Kier molecular flexibility index (Phi) is 6.30. The SMILES string of the molecule is CCCC(C(=O)OCC)N1CCC(CNC2CC2)CC1. The van der Waals surface area contributed by atoms with E-state index >= 15 is 0 Å². The van der Waals surface area contributed by atoms with Crippen molar-refractivity contribution >= 4 is 5.97 Å². The average molecular weight is 282 g/mol. The van der Waals surface area contributed by atoms with Crippen LogP contribution >= 0.6 is 0 Å². The van der Waals surface area contributed by atoms with Crippen molar-refractivity contribution in [2.75, 3.05) is 26.2 Å². The molecule has 1 N–H and O–H groups in total. The molecule has 0 bridgehead atoms. The van der Waals surface area contributed by atoms with E-state index in [1.165, 1.54) is 25.7 Å². The predicted octanol–water partition coefficient (Wildman–Crippen LogP) is 2.18. The molecule has 0 spiro atoms. The van der Waals surface area contributed by atoms with Gasteiger partial charge in [0.1, 0.15) is 6.04 Å². The number of ether oxygens (including phenoxy) is 1. The van der Waals surface area contributed by atoms with Gasteiger partial charge in [0, 0.05) is 6.04 Å². The molecule has 1 heterocycles. The van der Waals surface area contributed by atoms with Gasteiger partial charge in [-0.15, -0.1) is 0 Å². The lowest BCUT2D eigenvalue weighted by molar-refractivity contribution is -0.150. The molecule has 0 amide bonds. The van der Waals surface area contributed by atoms with Gasteiger partial charge < -0.3 is 10.1 Å². The number of hydrogen-bond donors (Lipinski definition) is 1. The van der Waals surface area contributed by atoms with Crippen molar-refractivity contribution < 1.29 is 9.53 Å². The summed E-state index contributed by atoms with van der Waals surface area (Å²) in [5.74, 6) is 0.764. The van der Waals surface area contributed by atoms with Gasteiger partial charge in [-0.2, -0.15) is 0 Å². The summed E-state index contributed by atoms with van der Waals surface area (Å²) < 4.78 is 5.23. The predicted molar refractivity (Wildman–Crippen MR) is 80.7 cm³/mol. The van der Waals surface area contributed by atoms with Crippen molar-refractivity contribution in [1.29, 1.82) is 0 Å². The van der Waals surface area contributed by atoms with Crippen LogP contribution in [-0.2, 0) is 9.53 Å². The zero-order valence-electron chi connectivity index (χ0n) is 13.1. The summed E-state index contributed by atoms with van der Waals surface area (Å²) in [7, 11) is 0. The summed E-state index contributed by atoms with van der Waals surface area (Å²) >= 11 is 0. The van der Waals surface area contributed by atoms with Crippen LogP contribution in [0.25, 0.3) is 0 Å². The summed E-state index contributed by atoms with van der Waals surface area (Å²) in [6.45, 7) is 7.76. The first-order chi connectivity index (χ1) is 9.74. The van der Waals surface area contributed by atoms with Crippen molar-refractivity contribution in [3.05, 3.63) is 0 Å². The molecule has 4 heteroatoms. The Labute approximate surface area is 123 Å². The molecule has 1 unspecified atom stereocenters. The lowest BCUT2D eigenvalue weighted by atomic mass is 9.95. The van der Waals surface area contributed by atoms with Crippen LogP contribution in [0.5, 0.6) is 0 Å². The van der Waals surface area contributed by atoms with Gasteiger partial charge in [-0.25, -0.2) is 0 Å². The first kappa shape index (κ1) is 15.8. The maximum absolute atomic E-state index is 12.1. The molecule has 0 radical (unpaired) electrons. The number of likely N-dealkylation sites (tertiary alicyclic amines) is 1. The maximum atomic E-state index is 12.1. The van der Waals surface area contributed by atoms with E-state index in [2.05, 4.69) is 17.1 Å². The molecule has 2 aliphatic rings. The molecule has 1 atom stereocenters. The largest absolute Gasteiger partial charge is 0.465 e. The van der Waals surface area contributed by atoms with Crippen LogP contribution < -0.4 is 5.32 Å². The summed E-state index contributed by atoms with van der Waals surface area (Å²) in [6, 6.07) is 0.790. The van der Waals surface area contributed by atoms with E-state index in [-0.39, 0.29) is 12.0 Å². The number of carbonyl (C=O) groups excluding carboxylic acids is 1. The number of nitrogens with one attached hydrogen (secondary N) is 1. The van der Waals surface area contributed by atoms with E-state index in [0.717, 1.165) is 44.4 Å². The van der Waals surface area contributed by atoms with Crippen LogP contribution in [-0.4, -0.2) is 49.2 Å². The minimum absolute atomic E-state index is 0.0164. The Hall–Kier alpha value is -0.610. The molecule has 2 fully saturated rings. The summed E-state index contributed by atoms with van der Waals surface area (Å²) in [5.41, 5.74) is 0. The van der Waals surface area contributed by atoms with Gasteiger partial charge in [0.25, 0.3) is 0 Å². The van der Waals surface area contributed by atoms with Crippen LogP contribution in [0.15, 0.2) is 0 Å². The molecule has 1 saturated heterocycles. The molecule has 116 valence electrons. The molecular weight excluding hydrogens is 252 g/mol. The maximum Gasteiger partial charge on any atom is 0.323 e. The number of hydrogen-bond acceptors (Lipinski definition) is 4.